The third-order valence-corrected chi connectivity index (χ3v) is 6.71. The van der Waals surface area contributed by atoms with Gasteiger partial charge in [-0.15, -0.1) is 0 Å². The molecule has 35 heavy (non-hydrogen) atoms. The van der Waals surface area contributed by atoms with Crippen LogP contribution in [-0.4, -0.2) is 29.3 Å². The first-order chi connectivity index (χ1) is 16.8. The first kappa shape index (κ1) is 26.8. The van der Waals surface area contributed by atoms with Gasteiger partial charge >= 0.3 is 0 Å². The number of nitrogens with one attached hydrogen (secondary N) is 1. The summed E-state index contributed by atoms with van der Waals surface area (Å²) in [6, 6.07) is 24.6. The number of hydrogen-bond acceptors (Lipinski definition) is 2. The summed E-state index contributed by atoms with van der Waals surface area (Å²) in [5, 5.41) is 3.83. The highest BCUT2D eigenvalue weighted by molar-refractivity contribution is 6.42. The Morgan fingerprint density at radius 3 is 1.91 bits per heavy atom. The molecular weight excluding hydrogens is 479 g/mol. The molecule has 3 rings (SSSR count). The third-order valence-electron chi connectivity index (χ3n) is 5.97. The van der Waals surface area contributed by atoms with Gasteiger partial charge in [-0.1, -0.05) is 104 Å². The Morgan fingerprint density at radius 1 is 0.829 bits per heavy atom. The molecule has 1 atom stereocenters. The topological polar surface area (TPSA) is 49.4 Å². The van der Waals surface area contributed by atoms with Crippen molar-refractivity contribution in [3.8, 4) is 0 Å². The molecule has 0 unspecified atom stereocenters. The predicted octanol–water partition coefficient (Wildman–Crippen LogP) is 6.70. The number of nitrogens with zero attached hydrogens (tertiary/aromatic N) is 1. The molecule has 1 N–H and O–H groups in total. The van der Waals surface area contributed by atoms with E-state index in [-0.39, 0.29) is 30.7 Å². The largest absolute Gasteiger partial charge is 0.354 e. The molecule has 0 heterocycles. The van der Waals surface area contributed by atoms with E-state index in [1.165, 1.54) is 0 Å². The minimum absolute atomic E-state index is 0.110. The molecule has 0 aliphatic carbocycles. The van der Waals surface area contributed by atoms with E-state index < -0.39 is 6.04 Å². The fourth-order valence-electron chi connectivity index (χ4n) is 3.96. The Balaban J connectivity index is 1.91. The fourth-order valence-corrected chi connectivity index (χ4v) is 4.28. The van der Waals surface area contributed by atoms with E-state index in [4.69, 9.17) is 23.2 Å². The third kappa shape index (κ3) is 7.58. The summed E-state index contributed by atoms with van der Waals surface area (Å²) in [6.45, 7) is 6.64. The average molecular weight is 511 g/mol. The lowest BCUT2D eigenvalue weighted by atomic mass is 9.88. The second-order valence-corrected chi connectivity index (χ2v) is 9.98. The maximum Gasteiger partial charge on any atom is 0.242 e. The molecule has 0 aliphatic heterocycles. The number of amides is 2. The lowest BCUT2D eigenvalue weighted by Gasteiger charge is -2.31. The van der Waals surface area contributed by atoms with Crippen LogP contribution in [0.5, 0.6) is 0 Å². The molecule has 0 saturated heterocycles. The molecule has 0 spiro atoms. The molecule has 184 valence electrons. The highest BCUT2D eigenvalue weighted by atomic mass is 35.5. The second kappa shape index (κ2) is 12.8. The van der Waals surface area contributed by atoms with E-state index in [0.717, 1.165) is 16.7 Å². The van der Waals surface area contributed by atoms with Crippen LogP contribution in [0.4, 0.5) is 0 Å². The smallest absolute Gasteiger partial charge is 0.242 e. The molecule has 0 radical (unpaired) electrons. The van der Waals surface area contributed by atoms with Crippen LogP contribution in [0.2, 0.25) is 10.0 Å². The summed E-state index contributed by atoms with van der Waals surface area (Å²) in [6.07, 6.45) is 0.233. The summed E-state index contributed by atoms with van der Waals surface area (Å²) in [5.41, 5.74) is 2.92. The molecule has 4 nitrogen and oxygen atoms in total. The highest BCUT2D eigenvalue weighted by Crippen LogP contribution is 2.30. The molecule has 3 aromatic rings. The number of rotatable bonds is 10. The van der Waals surface area contributed by atoms with E-state index >= 15 is 0 Å². The van der Waals surface area contributed by atoms with E-state index in [1.807, 2.05) is 80.6 Å². The van der Waals surface area contributed by atoms with Crippen LogP contribution >= 0.6 is 23.2 Å². The molecule has 0 aliphatic rings. The molecule has 0 saturated carbocycles. The van der Waals surface area contributed by atoms with E-state index in [1.54, 1.807) is 24.0 Å². The van der Waals surface area contributed by atoms with Gasteiger partial charge in [-0.25, -0.2) is 0 Å². The summed E-state index contributed by atoms with van der Waals surface area (Å²) in [7, 11) is 0. The number of carbonyl (C=O) groups excluding carboxylic acids is 2. The Hall–Kier alpha value is -2.82. The quantitative estimate of drug-likeness (QED) is 0.329. The van der Waals surface area contributed by atoms with Gasteiger partial charge in [0.1, 0.15) is 6.04 Å². The van der Waals surface area contributed by atoms with Crippen molar-refractivity contribution < 1.29 is 9.59 Å². The number of benzene rings is 3. The first-order valence-electron chi connectivity index (χ1n) is 11.9. The maximum atomic E-state index is 13.8. The number of halogens is 2. The van der Waals surface area contributed by atoms with Gasteiger partial charge in [-0.2, -0.15) is 0 Å². The van der Waals surface area contributed by atoms with Gasteiger partial charge in [0.05, 0.1) is 10.0 Å². The Morgan fingerprint density at radius 2 is 1.40 bits per heavy atom. The van der Waals surface area contributed by atoms with Crippen molar-refractivity contribution in [2.75, 3.05) is 6.54 Å². The Labute approximate surface area is 218 Å². The van der Waals surface area contributed by atoms with Crippen LogP contribution in [-0.2, 0) is 16.1 Å². The van der Waals surface area contributed by atoms with Crippen molar-refractivity contribution in [2.24, 2.45) is 5.92 Å². The van der Waals surface area contributed by atoms with E-state index in [2.05, 4.69) is 5.32 Å². The minimum Gasteiger partial charge on any atom is -0.354 e. The standard InChI is InChI=1S/C29H32Cl2N2O2/c1-20(2)18-32-29(35)21(3)33(19-22-14-15-26(30)27(31)16-22)28(34)17-25(23-10-6-4-7-11-23)24-12-8-5-9-13-24/h4-16,20-21,25H,17-19H2,1-3H3,(H,32,35)/t21-/m1/s1. The number of carbonyl (C=O) groups is 2. The zero-order chi connectivity index (χ0) is 25.4. The first-order valence-corrected chi connectivity index (χ1v) is 12.6. The van der Waals surface area contributed by atoms with Crippen LogP contribution < -0.4 is 5.32 Å². The Bertz CT molecular complexity index is 1080. The van der Waals surface area contributed by atoms with Crippen LogP contribution in [0.1, 0.15) is 49.8 Å². The van der Waals surface area contributed by atoms with Crippen LogP contribution in [0.15, 0.2) is 78.9 Å². The van der Waals surface area contributed by atoms with Crippen LogP contribution in [0.3, 0.4) is 0 Å². The van der Waals surface area contributed by atoms with Crippen molar-refractivity contribution in [3.63, 3.8) is 0 Å². The average Bonchev–Trinajstić information content (AvgIpc) is 2.86. The summed E-state index contributed by atoms with van der Waals surface area (Å²) in [4.78, 5) is 28.4. The van der Waals surface area contributed by atoms with E-state index in [0.29, 0.717) is 22.5 Å². The van der Waals surface area contributed by atoms with Crippen molar-refractivity contribution in [2.45, 2.75) is 45.7 Å². The van der Waals surface area contributed by atoms with Gasteiger partial charge in [0.15, 0.2) is 0 Å². The van der Waals surface area contributed by atoms with Gasteiger partial charge in [0.25, 0.3) is 0 Å². The number of hydrogen-bond donors (Lipinski definition) is 1. The lowest BCUT2D eigenvalue weighted by Crippen LogP contribution is -2.48. The normalized spacial score (nSPS) is 12.0. The predicted molar refractivity (Wildman–Crippen MR) is 144 cm³/mol. The second-order valence-electron chi connectivity index (χ2n) is 9.16. The highest BCUT2D eigenvalue weighted by Gasteiger charge is 2.29. The summed E-state index contributed by atoms with van der Waals surface area (Å²) >= 11 is 12.3. The van der Waals surface area contributed by atoms with Crippen LogP contribution in [0.25, 0.3) is 0 Å². The fraction of sp³-hybridized carbons (Fsp3) is 0.310. The van der Waals surface area contributed by atoms with E-state index in [9.17, 15) is 9.59 Å². The Kier molecular flexibility index (Phi) is 9.76. The van der Waals surface area contributed by atoms with Crippen LogP contribution in [0, 0.1) is 5.92 Å². The van der Waals surface area contributed by atoms with Crippen molar-refractivity contribution in [3.05, 3.63) is 106 Å². The molecule has 3 aromatic carbocycles. The van der Waals surface area contributed by atoms with Gasteiger partial charge < -0.3 is 10.2 Å². The molecule has 0 aromatic heterocycles. The van der Waals surface area contributed by atoms with Crippen molar-refractivity contribution in [1.82, 2.24) is 10.2 Å². The summed E-state index contributed by atoms with van der Waals surface area (Å²) < 4.78 is 0. The molecule has 0 bridgehead atoms. The van der Waals surface area contributed by atoms with Crippen molar-refractivity contribution in [1.29, 1.82) is 0 Å². The molecule has 0 fully saturated rings. The SMILES string of the molecule is CC(C)CNC(=O)[C@@H](C)N(Cc1ccc(Cl)c(Cl)c1)C(=O)CC(c1ccccc1)c1ccccc1. The molecular formula is C29H32Cl2N2O2. The minimum atomic E-state index is -0.650. The van der Waals surface area contributed by atoms with Gasteiger partial charge in [0, 0.05) is 25.4 Å². The van der Waals surface area contributed by atoms with Crippen molar-refractivity contribution >= 4 is 35.0 Å². The molecule has 6 heteroatoms. The lowest BCUT2D eigenvalue weighted by molar-refractivity contribution is -0.140. The monoisotopic (exact) mass is 510 g/mol. The van der Waals surface area contributed by atoms with Gasteiger partial charge in [-0.05, 0) is 41.7 Å². The van der Waals surface area contributed by atoms with Gasteiger partial charge in [0.2, 0.25) is 11.8 Å². The van der Waals surface area contributed by atoms with Gasteiger partial charge in [-0.3, -0.25) is 9.59 Å². The maximum absolute atomic E-state index is 13.8. The molecule has 2 amide bonds. The zero-order valence-electron chi connectivity index (χ0n) is 20.4. The zero-order valence-corrected chi connectivity index (χ0v) is 21.9. The summed E-state index contributed by atoms with van der Waals surface area (Å²) in [5.74, 6) is -0.109.